The lowest BCUT2D eigenvalue weighted by Crippen LogP contribution is -1.74. The van der Waals surface area contributed by atoms with E-state index in [0.717, 1.165) is 0 Å². The highest BCUT2D eigenvalue weighted by Crippen LogP contribution is 2.18. The molecule has 0 saturated heterocycles. The Kier molecular flexibility index (Phi) is 1.57. The number of nitrogens with zero attached hydrogens (tertiary/aromatic N) is 1. The summed E-state index contributed by atoms with van der Waals surface area (Å²) in [7, 11) is 0. The molecule has 0 radical (unpaired) electrons. The molecule has 1 rings (SSSR count). The van der Waals surface area contributed by atoms with Crippen molar-refractivity contribution in [3.63, 3.8) is 0 Å². The fraction of sp³-hybridized carbons (Fsp3) is 0. The molecule has 0 aliphatic heterocycles. The Balaban J connectivity index is 3.46. The first kappa shape index (κ1) is 4.94. The van der Waals surface area contributed by atoms with Crippen LogP contribution in [0.1, 0.15) is 2.74 Å². The SMILES string of the molecule is [2H]c1c(Cl)nc(Cl)c([2H])c1Br. The van der Waals surface area contributed by atoms with Crippen LogP contribution in [0.3, 0.4) is 0 Å². The topological polar surface area (TPSA) is 12.9 Å². The lowest BCUT2D eigenvalue weighted by Gasteiger charge is -1.91. The van der Waals surface area contributed by atoms with Gasteiger partial charge in [0, 0.05) is 4.47 Å². The number of hydrogen-bond acceptors (Lipinski definition) is 1. The number of aromatic nitrogens is 1. The smallest absolute Gasteiger partial charge is 0.131 e. The number of rotatable bonds is 0. The first-order valence-corrected chi connectivity index (χ1v) is 3.56. The minimum absolute atomic E-state index is 0.00197. The quantitative estimate of drug-likeness (QED) is 0.622. The van der Waals surface area contributed by atoms with Crippen LogP contribution in [-0.2, 0) is 0 Å². The standard InChI is InChI=1S/C5H2BrCl2N/c6-3-1-4(7)9-5(8)2-3/h1-2H/i1D,2D. The third-order valence-corrected chi connectivity index (χ3v) is 1.38. The highest BCUT2D eigenvalue weighted by atomic mass is 79.9. The Morgan fingerprint density at radius 1 is 1.44 bits per heavy atom. The molecule has 0 spiro atoms. The predicted molar refractivity (Wildman–Crippen MR) is 42.0 cm³/mol. The Morgan fingerprint density at radius 2 is 1.89 bits per heavy atom. The van der Waals surface area contributed by atoms with E-state index in [1.54, 1.807) is 0 Å². The summed E-state index contributed by atoms with van der Waals surface area (Å²) in [5.41, 5.74) is 0. The summed E-state index contributed by atoms with van der Waals surface area (Å²) in [6.45, 7) is 0. The van der Waals surface area contributed by atoms with Crippen LogP contribution >= 0.6 is 39.1 Å². The lowest BCUT2D eigenvalue weighted by molar-refractivity contribution is 1.32. The fourth-order valence-corrected chi connectivity index (χ4v) is 1.36. The highest BCUT2D eigenvalue weighted by molar-refractivity contribution is 9.10. The Hall–Kier alpha value is 0.210. The summed E-state index contributed by atoms with van der Waals surface area (Å²) >= 11 is 14.0. The van der Waals surface area contributed by atoms with Gasteiger partial charge in [-0.25, -0.2) is 4.98 Å². The van der Waals surface area contributed by atoms with Gasteiger partial charge in [-0.3, -0.25) is 0 Å². The van der Waals surface area contributed by atoms with Crippen LogP contribution in [0.15, 0.2) is 16.6 Å². The predicted octanol–water partition coefficient (Wildman–Crippen LogP) is 3.15. The van der Waals surface area contributed by atoms with E-state index in [0.29, 0.717) is 0 Å². The summed E-state index contributed by atoms with van der Waals surface area (Å²) in [6.07, 6.45) is 0. The minimum atomic E-state index is -0.0129. The Bertz CT molecular complexity index is 279. The zero-order valence-corrected chi connectivity index (χ0v) is 7.18. The van der Waals surface area contributed by atoms with E-state index in [1.165, 1.54) is 0 Å². The van der Waals surface area contributed by atoms with Gasteiger partial charge in [0.15, 0.2) is 0 Å². The second-order valence-electron chi connectivity index (χ2n) is 1.26. The fourth-order valence-electron chi connectivity index (χ4n) is 0.354. The van der Waals surface area contributed by atoms with Gasteiger partial charge in [-0.15, -0.1) is 0 Å². The van der Waals surface area contributed by atoms with E-state index in [2.05, 4.69) is 20.9 Å². The number of pyridine rings is 1. The molecule has 0 amide bonds. The molecule has 0 fully saturated rings. The van der Waals surface area contributed by atoms with Crippen LogP contribution in [0.2, 0.25) is 10.3 Å². The number of hydrogen-bond donors (Lipinski definition) is 0. The molecule has 0 aromatic carbocycles. The normalized spacial score (nSPS) is 12.8. The molecule has 0 bridgehead atoms. The van der Waals surface area contributed by atoms with Gasteiger partial charge in [0.1, 0.15) is 10.3 Å². The number of halogens is 3. The third-order valence-electron chi connectivity index (χ3n) is 0.622. The largest absolute Gasteiger partial charge is 0.224 e. The van der Waals surface area contributed by atoms with Crippen molar-refractivity contribution in [2.24, 2.45) is 0 Å². The van der Waals surface area contributed by atoms with Gasteiger partial charge < -0.3 is 0 Å². The Labute approximate surface area is 73.9 Å². The second kappa shape index (κ2) is 2.86. The molecule has 48 valence electrons. The summed E-state index contributed by atoms with van der Waals surface area (Å²) in [5.74, 6) is 0. The molecule has 4 heteroatoms. The molecule has 0 saturated carbocycles. The van der Waals surface area contributed by atoms with E-state index in [1.807, 2.05) is 0 Å². The first-order chi connectivity index (χ1) is 5.04. The molecule has 0 unspecified atom stereocenters. The van der Waals surface area contributed by atoms with Gasteiger partial charge >= 0.3 is 0 Å². The first-order valence-electron chi connectivity index (χ1n) is 3.01. The second-order valence-corrected chi connectivity index (χ2v) is 2.77. The monoisotopic (exact) mass is 227 g/mol. The van der Waals surface area contributed by atoms with Gasteiger partial charge in [0.2, 0.25) is 0 Å². The van der Waals surface area contributed by atoms with Gasteiger partial charge in [0.25, 0.3) is 0 Å². The molecule has 1 nitrogen and oxygen atoms in total. The van der Waals surface area contributed by atoms with Gasteiger partial charge in [-0.1, -0.05) is 39.1 Å². The summed E-state index contributed by atoms with van der Waals surface area (Å²) < 4.78 is 14.8. The van der Waals surface area contributed by atoms with Crippen molar-refractivity contribution < 1.29 is 2.74 Å². The molecule has 0 aliphatic rings. The van der Waals surface area contributed by atoms with Crippen molar-refractivity contribution in [3.05, 3.63) is 26.9 Å². The molecule has 0 N–H and O–H groups in total. The van der Waals surface area contributed by atoms with E-state index < -0.39 is 0 Å². The molecule has 0 atom stereocenters. The maximum absolute atomic E-state index is 7.26. The average Bonchev–Trinajstić information content (AvgIpc) is 1.97. The summed E-state index contributed by atoms with van der Waals surface area (Å²) in [5, 5.41) is -0.00394. The maximum Gasteiger partial charge on any atom is 0.131 e. The van der Waals surface area contributed by atoms with Crippen LogP contribution in [0.5, 0.6) is 0 Å². The molecular formula is C5H2BrCl2N. The highest BCUT2D eigenvalue weighted by Gasteiger charge is 1.93. The van der Waals surface area contributed by atoms with Crippen LogP contribution in [-0.4, -0.2) is 4.98 Å². The summed E-state index contributed by atoms with van der Waals surface area (Å²) in [4.78, 5) is 3.56. The zero-order valence-electron chi connectivity index (χ0n) is 6.08. The molecule has 0 aliphatic carbocycles. The minimum Gasteiger partial charge on any atom is -0.224 e. The van der Waals surface area contributed by atoms with E-state index in [-0.39, 0.29) is 26.9 Å². The van der Waals surface area contributed by atoms with Crippen molar-refractivity contribution in [2.45, 2.75) is 0 Å². The van der Waals surface area contributed by atoms with Crippen LogP contribution < -0.4 is 0 Å². The van der Waals surface area contributed by atoms with Crippen LogP contribution in [0.4, 0.5) is 0 Å². The van der Waals surface area contributed by atoms with Crippen molar-refractivity contribution in [2.75, 3.05) is 0 Å². The van der Waals surface area contributed by atoms with Crippen LogP contribution in [0, 0.1) is 0 Å². The molecule has 1 heterocycles. The van der Waals surface area contributed by atoms with Crippen molar-refractivity contribution in [3.8, 4) is 0 Å². The van der Waals surface area contributed by atoms with Crippen LogP contribution in [0.25, 0.3) is 0 Å². The summed E-state index contributed by atoms with van der Waals surface area (Å²) in [6, 6.07) is -0.0258. The third kappa shape index (κ3) is 2.12. The van der Waals surface area contributed by atoms with Gasteiger partial charge in [-0.2, -0.15) is 0 Å². The molecule has 9 heavy (non-hydrogen) atoms. The van der Waals surface area contributed by atoms with Crippen molar-refractivity contribution in [1.82, 2.24) is 4.98 Å². The van der Waals surface area contributed by atoms with Crippen molar-refractivity contribution in [1.29, 1.82) is 0 Å². The lowest BCUT2D eigenvalue weighted by atomic mass is 10.5. The maximum atomic E-state index is 7.26. The van der Waals surface area contributed by atoms with Gasteiger partial charge in [-0.05, 0) is 12.1 Å². The van der Waals surface area contributed by atoms with E-state index >= 15 is 0 Å². The average molecular weight is 229 g/mol. The van der Waals surface area contributed by atoms with E-state index in [9.17, 15) is 0 Å². The zero-order chi connectivity index (χ0) is 8.59. The Morgan fingerprint density at radius 3 is 2.33 bits per heavy atom. The van der Waals surface area contributed by atoms with Crippen molar-refractivity contribution >= 4 is 39.1 Å². The molecule has 1 aromatic rings. The molecular weight excluding hydrogens is 225 g/mol. The molecule has 1 aromatic heterocycles. The van der Waals surface area contributed by atoms with Gasteiger partial charge in [0.05, 0.1) is 2.74 Å². The van der Waals surface area contributed by atoms with E-state index in [4.69, 9.17) is 25.9 Å².